The van der Waals surface area contributed by atoms with E-state index in [0.717, 1.165) is 22.3 Å². The van der Waals surface area contributed by atoms with Crippen LogP contribution in [-0.2, 0) is 11.2 Å². The molecule has 7 heteroatoms. The summed E-state index contributed by atoms with van der Waals surface area (Å²) < 4.78 is 22.0. The van der Waals surface area contributed by atoms with Crippen molar-refractivity contribution in [2.24, 2.45) is 0 Å². The molecule has 0 bridgehead atoms. The van der Waals surface area contributed by atoms with Crippen LogP contribution < -0.4 is 24.3 Å². The molecule has 1 atom stereocenters. The normalized spacial score (nSPS) is 15.0. The molecule has 1 amide bonds. The summed E-state index contributed by atoms with van der Waals surface area (Å²) in [6, 6.07) is 5.08. The Morgan fingerprint density at radius 2 is 1.68 bits per heavy atom. The molecule has 2 N–H and O–H groups in total. The Balaban J connectivity index is 2.36. The van der Waals surface area contributed by atoms with Gasteiger partial charge in [0.25, 0.3) is 0 Å². The van der Waals surface area contributed by atoms with Gasteiger partial charge in [0.2, 0.25) is 11.7 Å². The molecule has 2 aromatic rings. The van der Waals surface area contributed by atoms with E-state index >= 15 is 0 Å². The van der Waals surface area contributed by atoms with E-state index in [1.165, 1.54) is 14.0 Å². The number of hydrogen-bond donors (Lipinski definition) is 2. The van der Waals surface area contributed by atoms with Crippen LogP contribution in [0.4, 0.5) is 0 Å². The first-order valence-corrected chi connectivity index (χ1v) is 8.95. The number of phenolic OH excluding ortho intramolecular Hbond substituents is 1. The summed E-state index contributed by atoms with van der Waals surface area (Å²) in [5, 5.41) is 13.4. The van der Waals surface area contributed by atoms with Crippen LogP contribution in [-0.4, -0.2) is 39.5 Å². The van der Waals surface area contributed by atoms with Gasteiger partial charge in [0.05, 0.1) is 34.5 Å². The smallest absolute Gasteiger partial charge is 0.217 e. The number of benzene rings is 2. The fourth-order valence-corrected chi connectivity index (χ4v) is 3.80. The molecule has 3 rings (SSSR count). The minimum absolute atomic E-state index is 0.00696. The number of aryl methyl sites for hydroxylation is 1. The topological polar surface area (TPSA) is 86.2 Å². The van der Waals surface area contributed by atoms with Gasteiger partial charge in [0.15, 0.2) is 23.0 Å². The van der Waals surface area contributed by atoms with E-state index in [1.807, 2.05) is 6.07 Å². The number of carbonyl (C=O) groups is 1. The highest BCUT2D eigenvalue weighted by molar-refractivity contribution is 5.85. The van der Waals surface area contributed by atoms with E-state index in [-0.39, 0.29) is 17.7 Å². The van der Waals surface area contributed by atoms with Crippen LogP contribution in [0.25, 0.3) is 11.1 Å². The van der Waals surface area contributed by atoms with Crippen molar-refractivity contribution in [2.45, 2.75) is 25.8 Å². The number of hydrogen-bond acceptors (Lipinski definition) is 6. The largest absolute Gasteiger partial charge is 0.504 e. The number of amides is 1. The number of phenols is 1. The summed E-state index contributed by atoms with van der Waals surface area (Å²) in [6.45, 7) is 1.49. The average molecular weight is 387 g/mol. The molecule has 28 heavy (non-hydrogen) atoms. The Labute approximate surface area is 164 Å². The quantitative estimate of drug-likeness (QED) is 0.819. The number of carbonyl (C=O) groups excluding carboxylic acids is 1. The number of ether oxygens (including phenoxy) is 4. The zero-order chi connectivity index (χ0) is 20.4. The second-order valence-corrected chi connectivity index (χ2v) is 6.58. The second kappa shape index (κ2) is 7.88. The predicted octanol–water partition coefficient (Wildman–Crippen LogP) is 3.22. The minimum atomic E-state index is -0.240. The predicted molar refractivity (Wildman–Crippen MR) is 105 cm³/mol. The molecule has 0 saturated carbocycles. The monoisotopic (exact) mass is 387 g/mol. The Morgan fingerprint density at radius 1 is 1.00 bits per heavy atom. The van der Waals surface area contributed by atoms with Crippen LogP contribution in [0.15, 0.2) is 18.2 Å². The number of nitrogens with one attached hydrogen (secondary N) is 1. The number of fused-ring (bicyclic) bond motifs is 3. The van der Waals surface area contributed by atoms with Crippen LogP contribution in [0.2, 0.25) is 0 Å². The average Bonchev–Trinajstić information content (AvgIpc) is 2.82. The molecule has 0 spiro atoms. The van der Waals surface area contributed by atoms with Crippen molar-refractivity contribution in [3.05, 3.63) is 29.3 Å². The SMILES string of the molecule is COc1cc2c(cc1O)-c1c(cc(OC)c(OC)c1OC)CCC2NC(C)=O. The summed E-state index contributed by atoms with van der Waals surface area (Å²) in [5.74, 6) is 1.78. The molecule has 0 heterocycles. The highest BCUT2D eigenvalue weighted by Gasteiger charge is 2.30. The third kappa shape index (κ3) is 3.28. The summed E-state index contributed by atoms with van der Waals surface area (Å²) >= 11 is 0. The zero-order valence-electron chi connectivity index (χ0n) is 16.7. The van der Waals surface area contributed by atoms with Gasteiger partial charge >= 0.3 is 0 Å². The highest BCUT2D eigenvalue weighted by atomic mass is 16.5. The van der Waals surface area contributed by atoms with Crippen LogP contribution in [0.1, 0.15) is 30.5 Å². The fourth-order valence-electron chi connectivity index (χ4n) is 3.80. The highest BCUT2D eigenvalue weighted by Crippen LogP contribution is 2.52. The lowest BCUT2D eigenvalue weighted by atomic mass is 9.93. The van der Waals surface area contributed by atoms with Crippen molar-refractivity contribution in [1.29, 1.82) is 0 Å². The molecule has 150 valence electrons. The Bertz CT molecular complexity index is 908. The molecule has 0 aliphatic heterocycles. The van der Waals surface area contributed by atoms with Crippen LogP contribution >= 0.6 is 0 Å². The first kappa shape index (κ1) is 19.7. The van der Waals surface area contributed by atoms with Gasteiger partial charge in [-0.15, -0.1) is 0 Å². The zero-order valence-corrected chi connectivity index (χ0v) is 16.7. The maximum Gasteiger partial charge on any atom is 0.217 e. The molecule has 0 radical (unpaired) electrons. The minimum Gasteiger partial charge on any atom is -0.504 e. The molecule has 1 aliphatic carbocycles. The van der Waals surface area contributed by atoms with Crippen LogP contribution in [0.5, 0.6) is 28.7 Å². The van der Waals surface area contributed by atoms with E-state index in [4.69, 9.17) is 18.9 Å². The molecule has 1 aliphatic rings. The van der Waals surface area contributed by atoms with Crippen molar-refractivity contribution in [1.82, 2.24) is 5.32 Å². The summed E-state index contributed by atoms with van der Waals surface area (Å²) in [5.41, 5.74) is 3.38. The number of aromatic hydroxyl groups is 1. The van der Waals surface area contributed by atoms with Crippen molar-refractivity contribution in [3.8, 4) is 39.9 Å². The van der Waals surface area contributed by atoms with Crippen molar-refractivity contribution in [3.63, 3.8) is 0 Å². The van der Waals surface area contributed by atoms with Crippen molar-refractivity contribution in [2.75, 3.05) is 28.4 Å². The summed E-state index contributed by atoms with van der Waals surface area (Å²) in [7, 11) is 6.19. The van der Waals surface area contributed by atoms with Crippen LogP contribution in [0, 0.1) is 0 Å². The summed E-state index contributed by atoms with van der Waals surface area (Å²) in [4.78, 5) is 11.8. The summed E-state index contributed by atoms with van der Waals surface area (Å²) in [6.07, 6.45) is 1.35. The maximum absolute atomic E-state index is 11.8. The third-order valence-electron chi connectivity index (χ3n) is 4.99. The molecule has 0 aromatic heterocycles. The van der Waals surface area contributed by atoms with Gasteiger partial charge in [-0.05, 0) is 47.7 Å². The first-order valence-electron chi connectivity index (χ1n) is 8.95. The van der Waals surface area contributed by atoms with Gasteiger partial charge in [-0.1, -0.05) is 0 Å². The lowest BCUT2D eigenvalue weighted by molar-refractivity contribution is -0.119. The Hall–Kier alpha value is -3.09. The van der Waals surface area contributed by atoms with E-state index in [2.05, 4.69) is 5.32 Å². The van der Waals surface area contributed by atoms with Gasteiger partial charge in [-0.2, -0.15) is 0 Å². The number of rotatable bonds is 5. The first-order chi connectivity index (χ1) is 13.4. The van der Waals surface area contributed by atoms with Gasteiger partial charge in [-0.3, -0.25) is 4.79 Å². The van der Waals surface area contributed by atoms with Gasteiger partial charge in [0.1, 0.15) is 0 Å². The van der Waals surface area contributed by atoms with E-state index < -0.39 is 0 Å². The molecular weight excluding hydrogens is 362 g/mol. The second-order valence-electron chi connectivity index (χ2n) is 6.58. The lowest BCUT2D eigenvalue weighted by Gasteiger charge is -2.22. The fraction of sp³-hybridized carbons (Fsp3) is 0.381. The third-order valence-corrected chi connectivity index (χ3v) is 4.99. The van der Waals surface area contributed by atoms with Gasteiger partial charge < -0.3 is 29.4 Å². The molecule has 2 aromatic carbocycles. The lowest BCUT2D eigenvalue weighted by Crippen LogP contribution is -2.26. The molecular formula is C21H25NO6. The van der Waals surface area contributed by atoms with E-state index in [1.54, 1.807) is 33.5 Å². The van der Waals surface area contributed by atoms with Crippen molar-refractivity contribution < 1.29 is 28.8 Å². The standard InChI is InChI=1S/C21H25NO6/c1-11(23)22-15-7-6-12-8-18(26-3)20(27-4)21(28-5)19(12)14-9-16(24)17(25-2)10-13(14)15/h8-10,15,24H,6-7H2,1-5H3,(H,22,23). The number of methoxy groups -OCH3 is 4. The molecule has 0 fully saturated rings. The van der Waals surface area contributed by atoms with E-state index in [0.29, 0.717) is 35.8 Å². The Morgan fingerprint density at radius 3 is 2.25 bits per heavy atom. The molecule has 0 saturated heterocycles. The van der Waals surface area contributed by atoms with Gasteiger partial charge in [-0.25, -0.2) is 0 Å². The molecule has 1 unspecified atom stereocenters. The maximum atomic E-state index is 11.8. The van der Waals surface area contributed by atoms with Gasteiger partial charge in [0, 0.05) is 12.5 Å². The van der Waals surface area contributed by atoms with Crippen LogP contribution in [0.3, 0.4) is 0 Å². The van der Waals surface area contributed by atoms with E-state index in [9.17, 15) is 9.90 Å². The van der Waals surface area contributed by atoms with Crippen molar-refractivity contribution >= 4 is 5.91 Å². The Kier molecular flexibility index (Phi) is 5.53. The molecule has 7 nitrogen and oxygen atoms in total.